The number of hydrogen-bond acceptors (Lipinski definition) is 4. The summed E-state index contributed by atoms with van der Waals surface area (Å²) < 4.78 is 17.4. The Labute approximate surface area is 163 Å². The lowest BCUT2D eigenvalue weighted by Crippen LogP contribution is -2.39. The molecule has 5 heteroatoms. The highest BCUT2D eigenvalue weighted by Gasteiger charge is 2.38. The van der Waals surface area contributed by atoms with Crippen LogP contribution in [0.5, 0.6) is 17.2 Å². The molecule has 1 aliphatic heterocycles. The van der Waals surface area contributed by atoms with Gasteiger partial charge in [0.1, 0.15) is 12.4 Å². The molecule has 0 aromatic heterocycles. The number of para-hydroxylation sites is 2. The second-order valence-corrected chi connectivity index (χ2v) is 6.71. The maximum Gasteiger partial charge on any atom is 0.349 e. The summed E-state index contributed by atoms with van der Waals surface area (Å²) in [7, 11) is 0. The number of hydrogen-bond donors (Lipinski definition) is 1. The maximum absolute atomic E-state index is 11.7. The molecule has 0 spiro atoms. The van der Waals surface area contributed by atoms with Crippen LogP contribution in [0.1, 0.15) is 22.8 Å². The molecule has 1 N–H and O–H groups in total. The van der Waals surface area contributed by atoms with Crippen LogP contribution in [-0.2, 0) is 11.4 Å². The van der Waals surface area contributed by atoms with Gasteiger partial charge < -0.3 is 19.3 Å². The Morgan fingerprint density at radius 1 is 0.964 bits per heavy atom. The molecule has 5 nitrogen and oxygen atoms in total. The molecule has 0 fully saturated rings. The van der Waals surface area contributed by atoms with Crippen molar-refractivity contribution in [1.82, 2.24) is 0 Å². The van der Waals surface area contributed by atoms with E-state index in [1.807, 2.05) is 55.5 Å². The number of benzene rings is 3. The average molecular weight is 376 g/mol. The largest absolute Gasteiger partial charge is 0.489 e. The van der Waals surface area contributed by atoms with Crippen LogP contribution in [0.4, 0.5) is 0 Å². The molecule has 3 aromatic carbocycles. The summed E-state index contributed by atoms with van der Waals surface area (Å²) in [5, 5.41) is 9.55. The van der Waals surface area contributed by atoms with Crippen molar-refractivity contribution in [3.8, 4) is 17.2 Å². The predicted octanol–water partition coefficient (Wildman–Crippen LogP) is 4.54. The first-order valence-corrected chi connectivity index (χ1v) is 9.03. The molecule has 28 heavy (non-hydrogen) atoms. The van der Waals surface area contributed by atoms with Crippen LogP contribution in [0.3, 0.4) is 0 Å². The zero-order valence-corrected chi connectivity index (χ0v) is 15.4. The molecule has 2 atom stereocenters. The summed E-state index contributed by atoms with van der Waals surface area (Å²) in [5.41, 5.74) is 2.99. The van der Waals surface area contributed by atoms with Gasteiger partial charge in [-0.25, -0.2) is 4.79 Å². The van der Waals surface area contributed by atoms with Crippen LogP contribution in [0.2, 0.25) is 0 Å². The third-order valence-corrected chi connectivity index (χ3v) is 4.57. The summed E-state index contributed by atoms with van der Waals surface area (Å²) in [5.74, 6) is 0.600. The van der Waals surface area contributed by atoms with Crippen molar-refractivity contribution in [3.05, 3.63) is 89.5 Å². The number of carbonyl (C=O) groups is 1. The fourth-order valence-corrected chi connectivity index (χ4v) is 3.19. The quantitative estimate of drug-likeness (QED) is 0.708. The van der Waals surface area contributed by atoms with Crippen molar-refractivity contribution in [2.45, 2.75) is 25.7 Å². The van der Waals surface area contributed by atoms with E-state index in [1.54, 1.807) is 18.2 Å². The Morgan fingerprint density at radius 3 is 2.36 bits per heavy atom. The van der Waals surface area contributed by atoms with Crippen molar-refractivity contribution in [2.24, 2.45) is 0 Å². The summed E-state index contributed by atoms with van der Waals surface area (Å²) in [6.07, 6.45) is -1.85. The summed E-state index contributed by atoms with van der Waals surface area (Å²) in [6.45, 7) is 2.51. The van der Waals surface area contributed by atoms with E-state index in [0.717, 1.165) is 5.56 Å². The van der Waals surface area contributed by atoms with Crippen LogP contribution in [0, 0.1) is 6.92 Å². The number of aliphatic carboxylic acids is 1. The second-order valence-electron chi connectivity index (χ2n) is 6.71. The molecule has 2 unspecified atom stereocenters. The standard InChI is InChI=1S/C23H20O5/c1-15-5-4-6-16(13-15)14-26-18-11-9-17(10-12-18)21-22(23(24)25)28-20-8-3-2-7-19(20)27-21/h2-13,21-22H,14H2,1H3,(H,24,25). The molecule has 1 aliphatic rings. The van der Waals surface area contributed by atoms with Gasteiger partial charge in [0.05, 0.1) is 0 Å². The molecule has 1 heterocycles. The van der Waals surface area contributed by atoms with E-state index in [1.165, 1.54) is 5.56 Å². The normalized spacial score (nSPS) is 17.8. The van der Waals surface area contributed by atoms with E-state index < -0.39 is 18.2 Å². The molecule has 0 saturated carbocycles. The minimum Gasteiger partial charge on any atom is -0.489 e. The Bertz CT molecular complexity index is 980. The van der Waals surface area contributed by atoms with Gasteiger partial charge in [-0.15, -0.1) is 0 Å². The topological polar surface area (TPSA) is 65.0 Å². The van der Waals surface area contributed by atoms with Crippen molar-refractivity contribution < 1.29 is 24.1 Å². The SMILES string of the molecule is Cc1cccc(COc2ccc(C3Oc4ccccc4OC3C(=O)O)cc2)c1. The summed E-state index contributed by atoms with van der Waals surface area (Å²) in [4.78, 5) is 11.7. The lowest BCUT2D eigenvalue weighted by molar-refractivity contribution is -0.151. The smallest absolute Gasteiger partial charge is 0.349 e. The van der Waals surface area contributed by atoms with Crippen molar-refractivity contribution in [2.75, 3.05) is 0 Å². The van der Waals surface area contributed by atoms with Gasteiger partial charge in [0.2, 0.25) is 6.10 Å². The molecular formula is C23H20O5. The van der Waals surface area contributed by atoms with E-state index in [0.29, 0.717) is 29.4 Å². The van der Waals surface area contributed by atoms with Gasteiger partial charge >= 0.3 is 5.97 Å². The highest BCUT2D eigenvalue weighted by atomic mass is 16.6. The van der Waals surface area contributed by atoms with Gasteiger partial charge in [-0.1, -0.05) is 54.1 Å². The molecule has 0 aliphatic carbocycles. The van der Waals surface area contributed by atoms with Crippen LogP contribution in [0.15, 0.2) is 72.8 Å². The van der Waals surface area contributed by atoms with Crippen LogP contribution < -0.4 is 14.2 Å². The number of carboxylic acids is 1. The number of aryl methyl sites for hydroxylation is 1. The Hall–Kier alpha value is -3.47. The van der Waals surface area contributed by atoms with Crippen molar-refractivity contribution in [1.29, 1.82) is 0 Å². The second kappa shape index (κ2) is 7.64. The average Bonchev–Trinajstić information content (AvgIpc) is 2.72. The third-order valence-electron chi connectivity index (χ3n) is 4.57. The van der Waals surface area contributed by atoms with E-state index in [9.17, 15) is 9.90 Å². The van der Waals surface area contributed by atoms with Gasteiger partial charge in [-0.3, -0.25) is 0 Å². The number of carboxylic acid groups (broad SMARTS) is 1. The first-order valence-electron chi connectivity index (χ1n) is 9.03. The maximum atomic E-state index is 11.7. The number of rotatable bonds is 5. The fraction of sp³-hybridized carbons (Fsp3) is 0.174. The monoisotopic (exact) mass is 376 g/mol. The van der Waals surface area contributed by atoms with E-state index >= 15 is 0 Å². The highest BCUT2D eigenvalue weighted by molar-refractivity contribution is 5.75. The van der Waals surface area contributed by atoms with Crippen molar-refractivity contribution in [3.63, 3.8) is 0 Å². The highest BCUT2D eigenvalue weighted by Crippen LogP contribution is 2.39. The molecule has 4 rings (SSSR count). The first-order chi connectivity index (χ1) is 13.6. The predicted molar refractivity (Wildman–Crippen MR) is 104 cm³/mol. The zero-order chi connectivity index (χ0) is 19.5. The van der Waals surface area contributed by atoms with Crippen molar-refractivity contribution >= 4 is 5.97 Å². The molecule has 0 bridgehead atoms. The van der Waals surface area contributed by atoms with Gasteiger partial charge in [0.15, 0.2) is 17.6 Å². The molecule has 0 saturated heterocycles. The number of ether oxygens (including phenoxy) is 3. The summed E-state index contributed by atoms with van der Waals surface area (Å²) >= 11 is 0. The van der Waals surface area contributed by atoms with Gasteiger partial charge in [0.25, 0.3) is 0 Å². The molecular weight excluding hydrogens is 356 g/mol. The van der Waals surface area contributed by atoms with Crippen LogP contribution in [0.25, 0.3) is 0 Å². The molecule has 3 aromatic rings. The lowest BCUT2D eigenvalue weighted by atomic mass is 10.0. The molecule has 142 valence electrons. The third kappa shape index (κ3) is 3.78. The van der Waals surface area contributed by atoms with E-state index in [4.69, 9.17) is 14.2 Å². The lowest BCUT2D eigenvalue weighted by Gasteiger charge is -2.31. The van der Waals surface area contributed by atoms with Gasteiger partial charge in [-0.05, 0) is 42.3 Å². The Morgan fingerprint density at radius 2 is 1.68 bits per heavy atom. The van der Waals surface area contributed by atoms with E-state index in [-0.39, 0.29) is 0 Å². The van der Waals surface area contributed by atoms with Crippen LogP contribution >= 0.6 is 0 Å². The molecule has 0 amide bonds. The minimum absolute atomic E-state index is 0.434. The fourth-order valence-electron chi connectivity index (χ4n) is 3.19. The Balaban J connectivity index is 1.50. The first kappa shape index (κ1) is 17.9. The zero-order valence-electron chi connectivity index (χ0n) is 15.4. The minimum atomic E-state index is -1.12. The number of fused-ring (bicyclic) bond motifs is 1. The Kier molecular flexibility index (Phi) is 4.89. The van der Waals surface area contributed by atoms with Gasteiger partial charge in [0, 0.05) is 0 Å². The van der Waals surface area contributed by atoms with Gasteiger partial charge in [-0.2, -0.15) is 0 Å². The summed E-state index contributed by atoms with van der Waals surface area (Å²) in [6, 6.07) is 22.4. The molecule has 0 radical (unpaired) electrons. The van der Waals surface area contributed by atoms with E-state index in [2.05, 4.69) is 6.07 Å². The van der Waals surface area contributed by atoms with Crippen LogP contribution in [-0.4, -0.2) is 17.2 Å².